The topological polar surface area (TPSA) is 144 Å². The molecule has 0 radical (unpaired) electrons. The number of aromatic nitrogens is 5. The monoisotopic (exact) mass is 548 g/mol. The lowest BCUT2D eigenvalue weighted by Crippen LogP contribution is -2.52. The maximum Gasteiger partial charge on any atom is 0.215 e. The quantitative estimate of drug-likeness (QED) is 0.427. The summed E-state index contributed by atoms with van der Waals surface area (Å²) >= 11 is 0. The summed E-state index contributed by atoms with van der Waals surface area (Å²) in [4.78, 5) is 8.93. The summed E-state index contributed by atoms with van der Waals surface area (Å²) in [7, 11) is -4.25. The second kappa shape index (κ2) is 10.6. The van der Waals surface area contributed by atoms with Gasteiger partial charge in [0.25, 0.3) is 0 Å². The van der Waals surface area contributed by atoms with Crippen LogP contribution in [-0.2, 0) is 25.1 Å². The summed E-state index contributed by atoms with van der Waals surface area (Å²) in [6, 6.07) is 3.56. The Bertz CT molecular complexity index is 1400. The SMILES string of the molecule is Cc1cnc(C(OC(C)C)(c2nnc3n2[C@@H](COC(C)C)COc2ccc(F)cc2-3)C(C)S(N)(=O)=O)nc1. The van der Waals surface area contributed by atoms with E-state index in [-0.39, 0.29) is 36.8 Å². The van der Waals surface area contributed by atoms with Gasteiger partial charge in [0.2, 0.25) is 15.6 Å². The Kier molecular flexibility index (Phi) is 7.84. The number of fused-ring (bicyclic) bond motifs is 3. The van der Waals surface area contributed by atoms with E-state index in [1.54, 1.807) is 30.8 Å². The van der Waals surface area contributed by atoms with Gasteiger partial charge in [-0.2, -0.15) is 0 Å². The number of hydrogen-bond acceptors (Lipinski definition) is 9. The highest BCUT2D eigenvalue weighted by molar-refractivity contribution is 7.89. The van der Waals surface area contributed by atoms with E-state index in [1.165, 1.54) is 25.1 Å². The number of primary sulfonamides is 1. The molecule has 3 atom stereocenters. The minimum Gasteiger partial charge on any atom is -0.491 e. The molecule has 2 N–H and O–H groups in total. The van der Waals surface area contributed by atoms with Gasteiger partial charge in [-0.1, -0.05) is 0 Å². The highest BCUT2D eigenvalue weighted by Gasteiger charge is 2.54. The molecule has 1 aliphatic rings. The average Bonchev–Trinajstić information content (AvgIpc) is 3.21. The summed E-state index contributed by atoms with van der Waals surface area (Å²) in [6.07, 6.45) is 2.50. The van der Waals surface area contributed by atoms with E-state index in [9.17, 15) is 12.8 Å². The second-order valence-electron chi connectivity index (χ2n) is 9.92. The fourth-order valence-electron chi connectivity index (χ4n) is 4.42. The Morgan fingerprint density at radius 3 is 2.45 bits per heavy atom. The molecule has 0 bridgehead atoms. The third-order valence-electron chi connectivity index (χ3n) is 6.23. The number of nitrogens with two attached hydrogens (primary N) is 1. The van der Waals surface area contributed by atoms with Crippen LogP contribution in [0.15, 0.2) is 30.6 Å². The van der Waals surface area contributed by atoms with Crippen LogP contribution in [0.25, 0.3) is 11.4 Å². The van der Waals surface area contributed by atoms with Gasteiger partial charge < -0.3 is 14.2 Å². The summed E-state index contributed by atoms with van der Waals surface area (Å²) in [5, 5.41) is 13.2. The van der Waals surface area contributed by atoms with Crippen LogP contribution in [0.1, 0.15) is 57.9 Å². The Hall–Kier alpha value is -3.00. The van der Waals surface area contributed by atoms with E-state index >= 15 is 0 Å². The van der Waals surface area contributed by atoms with Crippen molar-refractivity contribution in [2.24, 2.45) is 5.14 Å². The van der Waals surface area contributed by atoms with Crippen LogP contribution in [0.4, 0.5) is 4.39 Å². The van der Waals surface area contributed by atoms with Gasteiger partial charge in [0.15, 0.2) is 17.5 Å². The van der Waals surface area contributed by atoms with E-state index in [4.69, 9.17) is 19.3 Å². The first-order valence-electron chi connectivity index (χ1n) is 12.3. The molecule has 38 heavy (non-hydrogen) atoms. The summed E-state index contributed by atoms with van der Waals surface area (Å²) in [5.74, 6) is 0.297. The molecular formula is C25H33FN6O5S. The minimum absolute atomic E-state index is 0.0432. The smallest absolute Gasteiger partial charge is 0.215 e. The van der Waals surface area contributed by atoms with Gasteiger partial charge in [-0.25, -0.2) is 27.9 Å². The highest BCUT2D eigenvalue weighted by atomic mass is 32.2. The molecule has 206 valence electrons. The zero-order valence-electron chi connectivity index (χ0n) is 22.3. The van der Waals surface area contributed by atoms with Gasteiger partial charge in [0.1, 0.15) is 23.4 Å². The van der Waals surface area contributed by atoms with Crippen molar-refractivity contribution < 1.29 is 27.0 Å². The van der Waals surface area contributed by atoms with Crippen molar-refractivity contribution in [1.82, 2.24) is 24.7 Å². The number of nitrogens with zero attached hydrogens (tertiary/aromatic N) is 5. The number of ether oxygens (including phenoxy) is 3. The summed E-state index contributed by atoms with van der Waals surface area (Å²) in [5.41, 5.74) is -0.770. The molecule has 3 aromatic rings. The third-order valence-corrected chi connectivity index (χ3v) is 7.55. The maximum atomic E-state index is 14.4. The number of rotatable bonds is 9. The van der Waals surface area contributed by atoms with Gasteiger partial charge in [-0.05, 0) is 65.3 Å². The maximum absolute atomic E-state index is 14.4. The normalized spacial score (nSPS) is 17.9. The molecule has 0 fully saturated rings. The van der Waals surface area contributed by atoms with Crippen LogP contribution in [0.5, 0.6) is 5.75 Å². The predicted molar refractivity (Wildman–Crippen MR) is 137 cm³/mol. The molecular weight excluding hydrogens is 515 g/mol. The molecule has 0 saturated heterocycles. The zero-order chi connectivity index (χ0) is 27.8. The standard InChI is InChI=1S/C25H33FN6O5S/c1-14(2)35-12-19-13-36-21-8-7-18(26)9-20(21)22-30-31-24(32(19)22)25(37-15(3)4,17(6)38(27,33)34)23-28-10-16(5)11-29-23/h7-11,14-15,17,19H,12-13H2,1-6H3,(H2,27,33,34)/t17?,19-,25?/m0/s1. The zero-order valence-corrected chi connectivity index (χ0v) is 23.1. The fraction of sp³-hybridized carbons (Fsp3) is 0.520. The van der Waals surface area contributed by atoms with Gasteiger partial charge in [0, 0.05) is 12.4 Å². The third kappa shape index (κ3) is 5.28. The van der Waals surface area contributed by atoms with Gasteiger partial charge in [0.05, 0.1) is 30.4 Å². The number of halogens is 1. The Balaban J connectivity index is 2.08. The van der Waals surface area contributed by atoms with Crippen LogP contribution >= 0.6 is 0 Å². The molecule has 11 nitrogen and oxygen atoms in total. The van der Waals surface area contributed by atoms with Crippen molar-refractivity contribution >= 4 is 10.0 Å². The van der Waals surface area contributed by atoms with Crippen molar-refractivity contribution in [2.45, 2.75) is 70.6 Å². The Labute approximate surface area is 221 Å². The van der Waals surface area contributed by atoms with Crippen LogP contribution in [0, 0.1) is 12.7 Å². The molecule has 0 aliphatic carbocycles. The largest absolute Gasteiger partial charge is 0.491 e. The van der Waals surface area contributed by atoms with Crippen LogP contribution in [0.2, 0.25) is 0 Å². The van der Waals surface area contributed by atoms with Crippen LogP contribution in [0.3, 0.4) is 0 Å². The van der Waals surface area contributed by atoms with Crippen LogP contribution < -0.4 is 9.88 Å². The van der Waals surface area contributed by atoms with Crippen molar-refractivity contribution in [2.75, 3.05) is 13.2 Å². The first-order valence-corrected chi connectivity index (χ1v) is 13.9. The number of hydrogen-bond donors (Lipinski definition) is 1. The van der Waals surface area contributed by atoms with E-state index in [2.05, 4.69) is 20.2 Å². The molecule has 1 aromatic carbocycles. The Morgan fingerprint density at radius 2 is 1.84 bits per heavy atom. The van der Waals surface area contributed by atoms with Crippen molar-refractivity contribution in [3.05, 3.63) is 53.6 Å². The summed E-state index contributed by atoms with van der Waals surface area (Å²) in [6.45, 7) is 10.8. The van der Waals surface area contributed by atoms with Gasteiger partial charge >= 0.3 is 0 Å². The van der Waals surface area contributed by atoms with Crippen LogP contribution in [-0.4, -0.2) is 63.8 Å². The van der Waals surface area contributed by atoms with Crippen molar-refractivity contribution in [3.8, 4) is 17.1 Å². The molecule has 2 aromatic heterocycles. The van der Waals surface area contributed by atoms with Gasteiger partial charge in [-0.15, -0.1) is 10.2 Å². The second-order valence-corrected chi connectivity index (χ2v) is 11.8. The first-order chi connectivity index (χ1) is 17.8. The van der Waals surface area contributed by atoms with E-state index in [1.807, 2.05) is 20.8 Å². The average molecular weight is 549 g/mol. The summed E-state index contributed by atoms with van der Waals surface area (Å²) < 4.78 is 60.4. The minimum atomic E-state index is -4.25. The molecule has 1 aliphatic heterocycles. The van der Waals surface area contributed by atoms with E-state index in [0.29, 0.717) is 11.3 Å². The van der Waals surface area contributed by atoms with E-state index < -0.39 is 38.8 Å². The van der Waals surface area contributed by atoms with Gasteiger partial charge in [-0.3, -0.25) is 4.57 Å². The number of sulfonamides is 1. The molecule has 0 saturated carbocycles. The molecule has 0 spiro atoms. The lowest BCUT2D eigenvalue weighted by molar-refractivity contribution is -0.0721. The molecule has 4 rings (SSSR count). The Morgan fingerprint density at radius 1 is 1.16 bits per heavy atom. The number of benzene rings is 1. The van der Waals surface area contributed by atoms with Crippen molar-refractivity contribution in [3.63, 3.8) is 0 Å². The molecule has 13 heteroatoms. The number of aryl methyl sites for hydroxylation is 1. The lowest BCUT2D eigenvalue weighted by atomic mass is 9.95. The predicted octanol–water partition coefficient (Wildman–Crippen LogP) is 2.89. The fourth-order valence-corrected chi connectivity index (χ4v) is 5.14. The molecule has 0 amide bonds. The van der Waals surface area contributed by atoms with Crippen molar-refractivity contribution in [1.29, 1.82) is 0 Å². The molecule has 2 unspecified atom stereocenters. The first kappa shape index (κ1) is 28.0. The van der Waals surface area contributed by atoms with E-state index in [0.717, 1.165) is 5.56 Å². The highest BCUT2D eigenvalue weighted by Crippen LogP contribution is 2.43. The molecule has 3 heterocycles. The lowest BCUT2D eigenvalue weighted by Gasteiger charge is -2.38.